The monoisotopic (exact) mass is 254 g/mol. The standard InChI is InChI=1S/C15H30N2O/c1-12(2)5-4-10-17-15(18)9-8-13-6-3-7-14(16)11-13/h12-14H,3-11,16H2,1-2H3,(H,17,18). The molecule has 1 saturated carbocycles. The molecule has 1 amide bonds. The van der Waals surface area contributed by atoms with Crippen LogP contribution in [0.1, 0.15) is 65.2 Å². The van der Waals surface area contributed by atoms with Gasteiger partial charge >= 0.3 is 0 Å². The van der Waals surface area contributed by atoms with Gasteiger partial charge in [-0.25, -0.2) is 0 Å². The number of nitrogens with two attached hydrogens (primary N) is 1. The van der Waals surface area contributed by atoms with Gasteiger partial charge in [-0.1, -0.05) is 26.7 Å². The molecule has 0 spiro atoms. The Bertz CT molecular complexity index is 241. The van der Waals surface area contributed by atoms with E-state index in [1.165, 1.54) is 19.3 Å². The van der Waals surface area contributed by atoms with E-state index in [-0.39, 0.29) is 5.91 Å². The minimum Gasteiger partial charge on any atom is -0.356 e. The third kappa shape index (κ3) is 7.00. The van der Waals surface area contributed by atoms with Crippen molar-refractivity contribution in [3.63, 3.8) is 0 Å². The molecule has 1 aliphatic carbocycles. The van der Waals surface area contributed by atoms with Crippen LogP contribution < -0.4 is 11.1 Å². The number of hydrogen-bond donors (Lipinski definition) is 2. The lowest BCUT2D eigenvalue weighted by atomic mass is 9.83. The van der Waals surface area contributed by atoms with E-state index in [2.05, 4.69) is 19.2 Å². The van der Waals surface area contributed by atoms with Gasteiger partial charge in [0.2, 0.25) is 5.91 Å². The summed E-state index contributed by atoms with van der Waals surface area (Å²) in [5.74, 6) is 1.62. The molecule has 1 rings (SSSR count). The van der Waals surface area contributed by atoms with Gasteiger partial charge in [-0.3, -0.25) is 4.79 Å². The second kappa shape index (κ2) is 8.52. The third-order valence-corrected chi connectivity index (χ3v) is 3.88. The summed E-state index contributed by atoms with van der Waals surface area (Å²) in [5, 5.41) is 3.02. The molecule has 0 aromatic carbocycles. The highest BCUT2D eigenvalue weighted by molar-refractivity contribution is 5.75. The third-order valence-electron chi connectivity index (χ3n) is 3.88. The van der Waals surface area contributed by atoms with Crippen molar-refractivity contribution in [3.8, 4) is 0 Å². The molecule has 2 atom stereocenters. The second-order valence-electron chi connectivity index (χ2n) is 6.22. The molecule has 3 nitrogen and oxygen atoms in total. The fourth-order valence-electron chi connectivity index (χ4n) is 2.76. The normalized spacial score (nSPS) is 24.2. The van der Waals surface area contributed by atoms with Gasteiger partial charge in [-0.2, -0.15) is 0 Å². The molecule has 3 N–H and O–H groups in total. The van der Waals surface area contributed by atoms with Crippen LogP contribution in [0.4, 0.5) is 0 Å². The Hall–Kier alpha value is -0.570. The van der Waals surface area contributed by atoms with Crippen molar-refractivity contribution >= 4 is 5.91 Å². The Balaban J connectivity index is 2.02. The Morgan fingerprint density at radius 3 is 2.83 bits per heavy atom. The smallest absolute Gasteiger partial charge is 0.220 e. The van der Waals surface area contributed by atoms with Crippen LogP contribution in [0.15, 0.2) is 0 Å². The van der Waals surface area contributed by atoms with E-state index in [4.69, 9.17) is 5.73 Å². The second-order valence-corrected chi connectivity index (χ2v) is 6.22. The highest BCUT2D eigenvalue weighted by atomic mass is 16.1. The fraction of sp³-hybridized carbons (Fsp3) is 0.933. The van der Waals surface area contributed by atoms with Gasteiger partial charge in [0.1, 0.15) is 0 Å². The van der Waals surface area contributed by atoms with Crippen molar-refractivity contribution in [2.75, 3.05) is 6.54 Å². The maximum atomic E-state index is 11.7. The van der Waals surface area contributed by atoms with Crippen molar-refractivity contribution < 1.29 is 4.79 Å². The van der Waals surface area contributed by atoms with Gasteiger partial charge in [-0.15, -0.1) is 0 Å². The van der Waals surface area contributed by atoms with Crippen LogP contribution in [0.3, 0.4) is 0 Å². The number of nitrogens with one attached hydrogen (secondary N) is 1. The summed E-state index contributed by atoms with van der Waals surface area (Å²) in [6.45, 7) is 5.27. The maximum Gasteiger partial charge on any atom is 0.220 e. The van der Waals surface area contributed by atoms with Crippen molar-refractivity contribution in [2.45, 2.75) is 71.3 Å². The van der Waals surface area contributed by atoms with Crippen molar-refractivity contribution in [2.24, 2.45) is 17.6 Å². The van der Waals surface area contributed by atoms with E-state index in [1.807, 2.05) is 0 Å². The first-order chi connectivity index (χ1) is 8.58. The summed E-state index contributed by atoms with van der Waals surface area (Å²) in [6.07, 6.45) is 8.76. The maximum absolute atomic E-state index is 11.7. The SMILES string of the molecule is CC(C)CCCNC(=O)CCC1CCCC(N)C1. The lowest BCUT2D eigenvalue weighted by Gasteiger charge is -2.26. The summed E-state index contributed by atoms with van der Waals surface area (Å²) in [7, 11) is 0. The van der Waals surface area contributed by atoms with E-state index in [0.717, 1.165) is 38.1 Å². The highest BCUT2D eigenvalue weighted by Gasteiger charge is 2.19. The molecular weight excluding hydrogens is 224 g/mol. The Kier molecular flexibility index (Phi) is 7.33. The van der Waals surface area contributed by atoms with E-state index < -0.39 is 0 Å². The molecule has 106 valence electrons. The molecule has 0 aliphatic heterocycles. The Morgan fingerprint density at radius 2 is 2.17 bits per heavy atom. The quantitative estimate of drug-likeness (QED) is 0.686. The van der Waals surface area contributed by atoms with Crippen LogP contribution in [0.5, 0.6) is 0 Å². The zero-order chi connectivity index (χ0) is 13.4. The lowest BCUT2D eigenvalue weighted by Crippen LogP contribution is -2.29. The molecule has 0 aromatic heterocycles. The first-order valence-electron chi connectivity index (χ1n) is 7.60. The molecule has 18 heavy (non-hydrogen) atoms. The minimum atomic E-state index is 0.220. The number of hydrogen-bond acceptors (Lipinski definition) is 2. The van der Waals surface area contributed by atoms with Crippen LogP contribution in [0.2, 0.25) is 0 Å². The van der Waals surface area contributed by atoms with Gasteiger partial charge in [-0.05, 0) is 43.9 Å². The molecular formula is C15H30N2O. The molecule has 0 heterocycles. The molecule has 0 radical (unpaired) electrons. The zero-order valence-corrected chi connectivity index (χ0v) is 12.1. The van der Waals surface area contributed by atoms with Crippen LogP contribution >= 0.6 is 0 Å². The Labute approximate surface area is 112 Å². The van der Waals surface area contributed by atoms with Gasteiger partial charge in [0, 0.05) is 19.0 Å². The molecule has 0 aromatic rings. The molecule has 2 unspecified atom stereocenters. The summed E-state index contributed by atoms with van der Waals surface area (Å²) in [6, 6.07) is 0.373. The molecule has 1 aliphatic rings. The summed E-state index contributed by atoms with van der Waals surface area (Å²) < 4.78 is 0. The Morgan fingerprint density at radius 1 is 1.39 bits per heavy atom. The van der Waals surface area contributed by atoms with Gasteiger partial charge in [0.15, 0.2) is 0 Å². The highest BCUT2D eigenvalue weighted by Crippen LogP contribution is 2.26. The first-order valence-corrected chi connectivity index (χ1v) is 7.60. The van der Waals surface area contributed by atoms with Crippen LogP contribution in [-0.4, -0.2) is 18.5 Å². The van der Waals surface area contributed by atoms with Crippen molar-refractivity contribution in [3.05, 3.63) is 0 Å². The predicted molar refractivity (Wildman–Crippen MR) is 76.2 cm³/mol. The van der Waals surface area contributed by atoms with Gasteiger partial charge in [0.05, 0.1) is 0 Å². The molecule has 0 bridgehead atoms. The fourth-order valence-corrected chi connectivity index (χ4v) is 2.76. The average molecular weight is 254 g/mol. The van der Waals surface area contributed by atoms with Crippen molar-refractivity contribution in [1.82, 2.24) is 5.32 Å². The summed E-state index contributed by atoms with van der Waals surface area (Å²) in [4.78, 5) is 11.7. The molecule has 0 saturated heterocycles. The largest absolute Gasteiger partial charge is 0.356 e. The van der Waals surface area contributed by atoms with Crippen molar-refractivity contribution in [1.29, 1.82) is 0 Å². The topological polar surface area (TPSA) is 55.1 Å². The van der Waals surface area contributed by atoms with E-state index in [1.54, 1.807) is 0 Å². The molecule has 3 heteroatoms. The van der Waals surface area contributed by atoms with E-state index >= 15 is 0 Å². The number of amides is 1. The van der Waals surface area contributed by atoms with Gasteiger partial charge in [0.25, 0.3) is 0 Å². The average Bonchev–Trinajstić information content (AvgIpc) is 2.32. The number of carbonyl (C=O) groups is 1. The molecule has 1 fully saturated rings. The first kappa shape index (κ1) is 15.5. The minimum absolute atomic E-state index is 0.220. The zero-order valence-electron chi connectivity index (χ0n) is 12.1. The van der Waals surface area contributed by atoms with Crippen LogP contribution in [0, 0.1) is 11.8 Å². The number of carbonyl (C=O) groups excluding carboxylic acids is 1. The predicted octanol–water partition coefficient (Wildman–Crippen LogP) is 2.84. The summed E-state index contributed by atoms with van der Waals surface area (Å²) in [5.41, 5.74) is 5.96. The van der Waals surface area contributed by atoms with Gasteiger partial charge < -0.3 is 11.1 Å². The number of rotatable bonds is 7. The van der Waals surface area contributed by atoms with E-state index in [0.29, 0.717) is 18.4 Å². The van der Waals surface area contributed by atoms with E-state index in [9.17, 15) is 4.79 Å². The lowest BCUT2D eigenvalue weighted by molar-refractivity contribution is -0.121. The van der Waals surface area contributed by atoms with Crippen LogP contribution in [0.25, 0.3) is 0 Å². The summed E-state index contributed by atoms with van der Waals surface area (Å²) >= 11 is 0. The van der Waals surface area contributed by atoms with Crippen LogP contribution in [-0.2, 0) is 4.79 Å².